The molecule has 2 aromatic carbocycles. The van der Waals surface area contributed by atoms with Crippen LogP contribution in [0.25, 0.3) is 0 Å². The third kappa shape index (κ3) is 5.45. The van der Waals surface area contributed by atoms with Crippen LogP contribution in [0, 0.1) is 5.92 Å². The standard InChI is InChI=1S/C35H36O13/c1-18(32(40)48-28(31(38)39)20-8-5-4-6-9-20)44-33(41)25(45-19(2)36)17-26(37)46-24-13-15-35(42)22-10-7-14-34(35)27-21(16-22)11-12-23(43-3)29(27)47-30(24)34/h4-6,8-9,11-13,18,22,25,28,30,42H,7,10,14-17H2,1-3H3,(H,38,39)/t18-,22-,25-,28-,30+,34+,35-/m0/s1. The second-order valence-electron chi connectivity index (χ2n) is 12.5. The summed E-state index contributed by atoms with van der Waals surface area (Å²) in [6.07, 6.45) is -1.89. The zero-order valence-corrected chi connectivity index (χ0v) is 26.6. The molecule has 254 valence electrons. The smallest absolute Gasteiger partial charge is 0.349 e. The summed E-state index contributed by atoms with van der Waals surface area (Å²) >= 11 is 0. The molecule has 0 saturated heterocycles. The van der Waals surface area contributed by atoms with E-state index in [1.165, 1.54) is 19.2 Å². The van der Waals surface area contributed by atoms with Crippen molar-refractivity contribution in [1.82, 2.24) is 0 Å². The van der Waals surface area contributed by atoms with Gasteiger partial charge < -0.3 is 38.6 Å². The first-order valence-electron chi connectivity index (χ1n) is 15.8. The Hall–Kier alpha value is -4.91. The number of carboxylic acids is 1. The van der Waals surface area contributed by atoms with E-state index in [9.17, 15) is 34.2 Å². The Morgan fingerprint density at radius 3 is 2.46 bits per heavy atom. The van der Waals surface area contributed by atoms with Crippen LogP contribution in [0.15, 0.2) is 54.3 Å². The fourth-order valence-electron chi connectivity index (χ4n) is 7.78. The Labute approximate surface area is 275 Å². The van der Waals surface area contributed by atoms with Gasteiger partial charge in [0.15, 0.2) is 23.7 Å². The van der Waals surface area contributed by atoms with Crippen LogP contribution in [0.5, 0.6) is 11.5 Å². The monoisotopic (exact) mass is 664 g/mol. The highest BCUT2D eigenvalue weighted by Gasteiger charge is 2.71. The lowest BCUT2D eigenvalue weighted by atomic mass is 9.47. The molecule has 1 fully saturated rings. The highest BCUT2D eigenvalue weighted by molar-refractivity contribution is 5.87. The number of aliphatic carboxylic acids is 1. The summed E-state index contributed by atoms with van der Waals surface area (Å²) in [5.74, 6) is -4.58. The summed E-state index contributed by atoms with van der Waals surface area (Å²) in [6.45, 7) is 2.18. The van der Waals surface area contributed by atoms with Crippen LogP contribution in [-0.2, 0) is 54.8 Å². The summed E-state index contributed by atoms with van der Waals surface area (Å²) in [5.41, 5.74) is 0.0970. The van der Waals surface area contributed by atoms with Gasteiger partial charge in [-0.3, -0.25) is 9.59 Å². The van der Waals surface area contributed by atoms with E-state index < -0.39 is 71.7 Å². The van der Waals surface area contributed by atoms with Gasteiger partial charge in [0.1, 0.15) is 5.76 Å². The lowest BCUT2D eigenvalue weighted by Crippen LogP contribution is -2.67. The molecule has 0 aromatic heterocycles. The topological polar surface area (TPSA) is 181 Å². The number of hydrogen-bond donors (Lipinski definition) is 2. The number of esters is 4. The SMILES string of the molecule is COc1ccc2c3c1O[C@@H]1C(OC(=O)C[C@H](OC(C)=O)C(=O)O[C@@H](C)C(=O)O[C@H](C(=O)O)c4ccccc4)=CC[C@]4(O)[C@@H](CCC[C@@]314)C2. The van der Waals surface area contributed by atoms with Crippen molar-refractivity contribution in [2.75, 3.05) is 7.11 Å². The van der Waals surface area contributed by atoms with E-state index >= 15 is 0 Å². The number of methoxy groups -OCH3 is 1. The second kappa shape index (κ2) is 12.6. The summed E-state index contributed by atoms with van der Waals surface area (Å²) in [7, 11) is 1.53. The molecule has 2 bridgehead atoms. The van der Waals surface area contributed by atoms with Gasteiger partial charge in [0.25, 0.3) is 0 Å². The molecule has 2 aromatic rings. The summed E-state index contributed by atoms with van der Waals surface area (Å²) in [5, 5.41) is 21.8. The number of benzene rings is 2. The summed E-state index contributed by atoms with van der Waals surface area (Å²) in [4.78, 5) is 62.7. The molecule has 1 saturated carbocycles. The van der Waals surface area contributed by atoms with Crippen LogP contribution < -0.4 is 9.47 Å². The first-order chi connectivity index (χ1) is 22.9. The molecule has 48 heavy (non-hydrogen) atoms. The maximum Gasteiger partial charge on any atom is 0.349 e. The van der Waals surface area contributed by atoms with E-state index in [4.69, 9.17) is 28.4 Å². The zero-order chi connectivity index (χ0) is 34.4. The van der Waals surface area contributed by atoms with Crippen molar-refractivity contribution in [1.29, 1.82) is 0 Å². The molecule has 13 nitrogen and oxygen atoms in total. The summed E-state index contributed by atoms with van der Waals surface area (Å²) < 4.78 is 33.1. The van der Waals surface area contributed by atoms with Gasteiger partial charge in [-0.05, 0) is 56.2 Å². The number of carbonyl (C=O) groups is 5. The molecule has 1 spiro atoms. The van der Waals surface area contributed by atoms with Crippen molar-refractivity contribution >= 4 is 29.8 Å². The van der Waals surface area contributed by atoms with Crippen LogP contribution in [0.2, 0.25) is 0 Å². The van der Waals surface area contributed by atoms with Crippen molar-refractivity contribution in [3.8, 4) is 11.5 Å². The molecule has 1 aliphatic heterocycles. The van der Waals surface area contributed by atoms with Crippen molar-refractivity contribution in [2.24, 2.45) is 5.92 Å². The maximum absolute atomic E-state index is 13.3. The number of rotatable bonds is 11. The molecule has 2 N–H and O–H groups in total. The van der Waals surface area contributed by atoms with Gasteiger partial charge in [-0.1, -0.05) is 42.8 Å². The van der Waals surface area contributed by atoms with E-state index in [1.807, 2.05) is 12.1 Å². The number of aliphatic hydroxyl groups is 1. The van der Waals surface area contributed by atoms with Gasteiger partial charge in [0, 0.05) is 18.1 Å². The molecule has 3 aliphatic carbocycles. The predicted octanol–water partition coefficient (Wildman–Crippen LogP) is 3.23. The third-order valence-corrected chi connectivity index (χ3v) is 9.81. The van der Waals surface area contributed by atoms with Crippen LogP contribution in [-0.4, -0.2) is 71.1 Å². The fourth-order valence-corrected chi connectivity index (χ4v) is 7.78. The van der Waals surface area contributed by atoms with E-state index in [1.54, 1.807) is 24.3 Å². The van der Waals surface area contributed by atoms with E-state index in [-0.39, 0.29) is 23.7 Å². The van der Waals surface area contributed by atoms with Crippen LogP contribution in [0.4, 0.5) is 0 Å². The Morgan fingerprint density at radius 1 is 1.02 bits per heavy atom. The molecule has 6 rings (SSSR count). The minimum absolute atomic E-state index is 0.0204. The predicted molar refractivity (Wildman–Crippen MR) is 163 cm³/mol. The van der Waals surface area contributed by atoms with E-state index in [2.05, 4.69) is 0 Å². The molecule has 0 amide bonds. The lowest BCUT2D eigenvalue weighted by Gasteiger charge is -2.59. The number of carboxylic acid groups (broad SMARTS) is 1. The largest absolute Gasteiger partial charge is 0.493 e. The average molecular weight is 665 g/mol. The Balaban J connectivity index is 1.17. The highest BCUT2D eigenvalue weighted by Crippen LogP contribution is 2.67. The molecule has 1 heterocycles. The van der Waals surface area contributed by atoms with Gasteiger partial charge in [0.2, 0.25) is 12.2 Å². The Kier molecular flexibility index (Phi) is 8.67. The van der Waals surface area contributed by atoms with Gasteiger partial charge in [-0.15, -0.1) is 0 Å². The number of carbonyl (C=O) groups excluding carboxylic acids is 4. The van der Waals surface area contributed by atoms with Gasteiger partial charge >= 0.3 is 29.8 Å². The summed E-state index contributed by atoms with van der Waals surface area (Å²) in [6, 6.07) is 11.5. The Morgan fingerprint density at radius 2 is 1.77 bits per heavy atom. The molecule has 4 aliphatic rings. The minimum Gasteiger partial charge on any atom is -0.493 e. The third-order valence-electron chi connectivity index (χ3n) is 9.81. The normalized spacial score (nSPS) is 26.3. The van der Waals surface area contributed by atoms with Crippen molar-refractivity contribution < 1.29 is 62.6 Å². The molecule has 13 heteroatoms. The van der Waals surface area contributed by atoms with Gasteiger partial charge in [-0.2, -0.15) is 0 Å². The second-order valence-corrected chi connectivity index (χ2v) is 12.5. The first kappa shape index (κ1) is 33.0. The lowest BCUT2D eigenvalue weighted by molar-refractivity contribution is -0.183. The van der Waals surface area contributed by atoms with E-state index in [0.717, 1.165) is 37.8 Å². The van der Waals surface area contributed by atoms with Gasteiger partial charge in [0.05, 0.1) is 24.5 Å². The first-order valence-corrected chi connectivity index (χ1v) is 15.8. The molecule has 7 atom stereocenters. The van der Waals surface area contributed by atoms with Crippen LogP contribution >= 0.6 is 0 Å². The molecule has 0 unspecified atom stereocenters. The molecular formula is C35H36O13. The van der Waals surface area contributed by atoms with Crippen molar-refractivity contribution in [3.05, 3.63) is 71.0 Å². The average Bonchev–Trinajstić information content (AvgIpc) is 3.39. The minimum atomic E-state index is -1.80. The van der Waals surface area contributed by atoms with Crippen LogP contribution in [0.1, 0.15) is 68.7 Å². The van der Waals surface area contributed by atoms with Crippen molar-refractivity contribution in [3.63, 3.8) is 0 Å². The quantitative estimate of drug-likeness (QED) is 0.264. The number of ether oxygens (including phenoxy) is 6. The van der Waals surface area contributed by atoms with Crippen molar-refractivity contribution in [2.45, 2.75) is 87.8 Å². The number of hydrogen-bond acceptors (Lipinski definition) is 12. The molecule has 0 radical (unpaired) electrons. The fraction of sp³-hybridized carbons (Fsp3) is 0.457. The molecular weight excluding hydrogens is 628 g/mol. The van der Waals surface area contributed by atoms with E-state index in [0.29, 0.717) is 24.3 Å². The Bertz CT molecular complexity index is 1680. The van der Waals surface area contributed by atoms with Gasteiger partial charge in [-0.25, -0.2) is 14.4 Å². The maximum atomic E-state index is 13.3. The van der Waals surface area contributed by atoms with Crippen LogP contribution in [0.3, 0.4) is 0 Å². The highest BCUT2D eigenvalue weighted by atomic mass is 16.6. The zero-order valence-electron chi connectivity index (χ0n) is 26.6.